The fourth-order valence-corrected chi connectivity index (χ4v) is 3.34. The fraction of sp³-hybridized carbons (Fsp3) is 0.136. The van der Waals surface area contributed by atoms with Gasteiger partial charge in [0.2, 0.25) is 0 Å². The van der Waals surface area contributed by atoms with E-state index in [0.717, 1.165) is 28.2 Å². The molecule has 0 saturated heterocycles. The molecule has 4 aromatic rings. The largest absolute Gasteiger partial charge is 0.348 e. The zero-order valence-electron chi connectivity index (χ0n) is 15.6. The van der Waals surface area contributed by atoms with Crippen molar-refractivity contribution in [2.24, 2.45) is 0 Å². The Morgan fingerprint density at radius 2 is 1.89 bits per heavy atom. The summed E-state index contributed by atoms with van der Waals surface area (Å²) >= 11 is 0. The van der Waals surface area contributed by atoms with E-state index in [-0.39, 0.29) is 18.3 Å². The van der Waals surface area contributed by atoms with Crippen LogP contribution in [-0.2, 0) is 6.54 Å². The average molecular weight is 374 g/mol. The van der Waals surface area contributed by atoms with Crippen LogP contribution >= 0.6 is 0 Å². The van der Waals surface area contributed by atoms with Gasteiger partial charge >= 0.3 is 0 Å². The van der Waals surface area contributed by atoms with E-state index in [0.29, 0.717) is 11.1 Å². The molecule has 0 radical (unpaired) electrons. The minimum absolute atomic E-state index is 0.129. The van der Waals surface area contributed by atoms with Crippen LogP contribution in [0.4, 0.5) is 4.39 Å². The molecule has 0 aliphatic carbocycles. The number of benzene rings is 2. The van der Waals surface area contributed by atoms with Crippen LogP contribution in [0.1, 0.15) is 27.3 Å². The van der Waals surface area contributed by atoms with Crippen LogP contribution in [0.5, 0.6) is 0 Å². The Kier molecular flexibility index (Phi) is 4.61. The van der Waals surface area contributed by atoms with Gasteiger partial charge in [-0.15, -0.1) is 0 Å². The number of nitrogens with one attached hydrogen (secondary N) is 1. The van der Waals surface area contributed by atoms with Crippen molar-refractivity contribution >= 4 is 17.1 Å². The summed E-state index contributed by atoms with van der Waals surface area (Å²) in [6, 6.07) is 15.7. The van der Waals surface area contributed by atoms with Crippen molar-refractivity contribution in [3.8, 4) is 5.69 Å². The van der Waals surface area contributed by atoms with E-state index in [1.165, 1.54) is 6.07 Å². The molecule has 140 valence electrons. The number of imidazole rings is 1. The molecule has 0 aliphatic rings. The van der Waals surface area contributed by atoms with Crippen molar-refractivity contribution in [3.05, 3.63) is 89.1 Å². The predicted molar refractivity (Wildman–Crippen MR) is 106 cm³/mol. The zero-order chi connectivity index (χ0) is 19.7. The van der Waals surface area contributed by atoms with Gasteiger partial charge < -0.3 is 5.32 Å². The molecule has 2 aromatic heterocycles. The second-order valence-corrected chi connectivity index (χ2v) is 6.56. The number of pyridine rings is 1. The smallest absolute Gasteiger partial charge is 0.251 e. The van der Waals surface area contributed by atoms with Crippen molar-refractivity contribution in [2.45, 2.75) is 20.4 Å². The first-order valence-electron chi connectivity index (χ1n) is 8.98. The van der Waals surface area contributed by atoms with Gasteiger partial charge in [0.15, 0.2) is 5.65 Å². The van der Waals surface area contributed by atoms with E-state index in [9.17, 15) is 9.18 Å². The lowest BCUT2D eigenvalue weighted by atomic mass is 10.1. The van der Waals surface area contributed by atoms with Crippen LogP contribution in [0, 0.1) is 19.7 Å². The highest BCUT2D eigenvalue weighted by atomic mass is 19.1. The molecule has 2 heterocycles. The van der Waals surface area contributed by atoms with Gasteiger partial charge in [-0.3, -0.25) is 9.36 Å². The first kappa shape index (κ1) is 17.9. The summed E-state index contributed by atoms with van der Waals surface area (Å²) in [5.41, 5.74) is 4.18. The Morgan fingerprint density at radius 3 is 2.71 bits per heavy atom. The van der Waals surface area contributed by atoms with Gasteiger partial charge in [0, 0.05) is 23.9 Å². The van der Waals surface area contributed by atoms with E-state index < -0.39 is 0 Å². The van der Waals surface area contributed by atoms with Crippen LogP contribution in [-0.4, -0.2) is 20.4 Å². The molecule has 0 aliphatic heterocycles. The Bertz CT molecular complexity index is 1180. The predicted octanol–water partition coefficient (Wildman–Crippen LogP) is 4.11. The molecule has 0 saturated carbocycles. The molecule has 1 N–H and O–H groups in total. The molecular formula is C22H19FN4O. The minimum Gasteiger partial charge on any atom is -0.348 e. The van der Waals surface area contributed by atoms with E-state index in [4.69, 9.17) is 0 Å². The number of nitrogens with zero attached hydrogens (tertiary/aromatic N) is 3. The van der Waals surface area contributed by atoms with E-state index in [1.54, 1.807) is 30.5 Å². The highest BCUT2D eigenvalue weighted by molar-refractivity contribution is 5.96. The number of amides is 1. The normalized spacial score (nSPS) is 11.0. The lowest BCUT2D eigenvalue weighted by Crippen LogP contribution is -2.24. The first-order chi connectivity index (χ1) is 13.6. The quantitative estimate of drug-likeness (QED) is 0.585. The number of rotatable bonds is 4. The highest BCUT2D eigenvalue weighted by Gasteiger charge is 2.17. The average Bonchev–Trinajstić information content (AvgIpc) is 3.03. The number of hydrogen-bond acceptors (Lipinski definition) is 3. The molecule has 0 unspecified atom stereocenters. The Hall–Kier alpha value is -3.54. The second-order valence-electron chi connectivity index (χ2n) is 6.56. The van der Waals surface area contributed by atoms with Crippen LogP contribution in [0.3, 0.4) is 0 Å². The van der Waals surface area contributed by atoms with Crippen LogP contribution in [0.25, 0.3) is 16.9 Å². The Morgan fingerprint density at radius 1 is 1.07 bits per heavy atom. The van der Waals surface area contributed by atoms with Crippen LogP contribution in [0.15, 0.2) is 60.8 Å². The fourth-order valence-electron chi connectivity index (χ4n) is 3.34. The standard InChI is InChI=1S/C22H19FN4O/c1-14-17(22(28)25-13-16-7-3-4-9-18(16)23)8-5-11-20(14)27-15(2)26-19-10-6-12-24-21(19)27/h3-12H,13H2,1-2H3,(H,25,28). The zero-order valence-corrected chi connectivity index (χ0v) is 15.6. The molecular weight excluding hydrogens is 355 g/mol. The third-order valence-corrected chi connectivity index (χ3v) is 4.77. The Balaban J connectivity index is 1.68. The first-order valence-corrected chi connectivity index (χ1v) is 8.98. The molecule has 0 atom stereocenters. The number of hydrogen-bond donors (Lipinski definition) is 1. The maximum absolute atomic E-state index is 13.8. The SMILES string of the molecule is Cc1c(C(=O)NCc2ccccc2F)cccc1-n1c(C)nc2cccnc21. The van der Waals surface area contributed by atoms with Crippen molar-refractivity contribution in [3.63, 3.8) is 0 Å². The summed E-state index contributed by atoms with van der Waals surface area (Å²) in [5, 5.41) is 2.80. The van der Waals surface area contributed by atoms with Gasteiger partial charge in [-0.1, -0.05) is 24.3 Å². The molecule has 4 rings (SSSR count). The molecule has 5 nitrogen and oxygen atoms in total. The number of carbonyl (C=O) groups is 1. The third-order valence-electron chi connectivity index (χ3n) is 4.77. The van der Waals surface area contributed by atoms with Gasteiger partial charge in [0.05, 0.1) is 5.69 Å². The number of aromatic nitrogens is 3. The van der Waals surface area contributed by atoms with E-state index >= 15 is 0 Å². The lowest BCUT2D eigenvalue weighted by molar-refractivity contribution is 0.0950. The molecule has 6 heteroatoms. The summed E-state index contributed by atoms with van der Waals surface area (Å²) in [6.45, 7) is 3.93. The number of carbonyl (C=O) groups excluding carboxylic acids is 1. The summed E-state index contributed by atoms with van der Waals surface area (Å²) < 4.78 is 15.7. The second kappa shape index (κ2) is 7.23. The molecule has 2 aromatic carbocycles. The van der Waals surface area contributed by atoms with Gasteiger partial charge in [0.1, 0.15) is 17.2 Å². The number of halogens is 1. The molecule has 0 spiro atoms. The van der Waals surface area contributed by atoms with Gasteiger partial charge in [-0.05, 0) is 49.7 Å². The number of fused-ring (bicyclic) bond motifs is 1. The Labute approximate surface area is 161 Å². The van der Waals surface area contributed by atoms with Crippen LogP contribution < -0.4 is 5.32 Å². The molecule has 0 fully saturated rings. The summed E-state index contributed by atoms with van der Waals surface area (Å²) in [6.07, 6.45) is 1.72. The lowest BCUT2D eigenvalue weighted by Gasteiger charge is -2.14. The molecule has 0 bridgehead atoms. The highest BCUT2D eigenvalue weighted by Crippen LogP contribution is 2.24. The molecule has 28 heavy (non-hydrogen) atoms. The van der Waals surface area contributed by atoms with E-state index in [2.05, 4.69) is 15.3 Å². The summed E-state index contributed by atoms with van der Waals surface area (Å²) in [4.78, 5) is 21.7. The molecule has 1 amide bonds. The number of aryl methyl sites for hydroxylation is 1. The maximum atomic E-state index is 13.8. The van der Waals surface area contributed by atoms with Gasteiger partial charge in [0.25, 0.3) is 5.91 Å². The van der Waals surface area contributed by atoms with Crippen molar-refractivity contribution in [1.82, 2.24) is 19.9 Å². The topological polar surface area (TPSA) is 59.8 Å². The van der Waals surface area contributed by atoms with Crippen molar-refractivity contribution in [2.75, 3.05) is 0 Å². The van der Waals surface area contributed by atoms with Crippen molar-refractivity contribution in [1.29, 1.82) is 0 Å². The van der Waals surface area contributed by atoms with Gasteiger partial charge in [-0.25, -0.2) is 14.4 Å². The maximum Gasteiger partial charge on any atom is 0.251 e. The summed E-state index contributed by atoms with van der Waals surface area (Å²) in [7, 11) is 0. The monoisotopic (exact) mass is 374 g/mol. The summed E-state index contributed by atoms with van der Waals surface area (Å²) in [5.74, 6) is 0.207. The van der Waals surface area contributed by atoms with Gasteiger partial charge in [-0.2, -0.15) is 0 Å². The third kappa shape index (κ3) is 3.13. The van der Waals surface area contributed by atoms with Crippen LogP contribution in [0.2, 0.25) is 0 Å². The minimum atomic E-state index is -0.333. The van der Waals surface area contributed by atoms with E-state index in [1.807, 2.05) is 42.7 Å². The van der Waals surface area contributed by atoms with Crippen molar-refractivity contribution < 1.29 is 9.18 Å².